The fourth-order valence-corrected chi connectivity index (χ4v) is 1.86. The van der Waals surface area contributed by atoms with Gasteiger partial charge in [-0.15, -0.1) is 0 Å². The number of nitrogens with zero attached hydrogens (tertiary/aromatic N) is 2. The highest BCUT2D eigenvalue weighted by molar-refractivity contribution is 4.92. The van der Waals surface area contributed by atoms with Gasteiger partial charge in [-0.1, -0.05) is 0 Å². The Kier molecular flexibility index (Phi) is 4.56. The molecule has 0 spiro atoms. The summed E-state index contributed by atoms with van der Waals surface area (Å²) in [6.45, 7) is 7.28. The number of nitriles is 1. The predicted molar refractivity (Wildman–Crippen MR) is 60.5 cm³/mol. The largest absolute Gasteiger partial charge is 0.381 e. The van der Waals surface area contributed by atoms with Crippen molar-refractivity contribution < 1.29 is 4.74 Å². The lowest BCUT2D eigenvalue weighted by atomic mass is 9.91. The molecule has 1 saturated heterocycles. The Morgan fingerprint density at radius 1 is 1.40 bits per heavy atom. The lowest BCUT2D eigenvalue weighted by Gasteiger charge is -2.32. The van der Waals surface area contributed by atoms with E-state index < -0.39 is 0 Å². The van der Waals surface area contributed by atoms with Crippen molar-refractivity contribution >= 4 is 0 Å². The first-order chi connectivity index (χ1) is 7.07. The quantitative estimate of drug-likeness (QED) is 0.712. The molecule has 1 heterocycles. The first-order valence-corrected chi connectivity index (χ1v) is 5.74. The average Bonchev–Trinajstić information content (AvgIpc) is 2.27. The Labute approximate surface area is 93.0 Å². The molecule has 0 aromatic rings. The van der Waals surface area contributed by atoms with E-state index in [4.69, 9.17) is 10.00 Å². The molecule has 1 aliphatic rings. The standard InChI is InChI=1S/C12H22N2O/c1-12(2,10-13)6-9-14-7-4-11(15-3)5-8-14/h11H,4-9H2,1-3H3. The van der Waals surface area contributed by atoms with E-state index in [-0.39, 0.29) is 5.41 Å². The minimum absolute atomic E-state index is 0.182. The number of methoxy groups -OCH3 is 1. The molecule has 0 N–H and O–H groups in total. The van der Waals surface area contributed by atoms with E-state index in [1.165, 1.54) is 0 Å². The molecule has 0 radical (unpaired) electrons. The van der Waals surface area contributed by atoms with Gasteiger partial charge in [0.2, 0.25) is 0 Å². The number of hydrogen-bond donors (Lipinski definition) is 0. The third kappa shape index (κ3) is 4.19. The van der Waals surface area contributed by atoms with Crippen LogP contribution in [0.25, 0.3) is 0 Å². The Hall–Kier alpha value is -0.590. The molecule has 86 valence electrons. The molecular weight excluding hydrogens is 188 g/mol. The van der Waals surface area contributed by atoms with E-state index >= 15 is 0 Å². The second-order valence-electron chi connectivity index (χ2n) is 5.02. The van der Waals surface area contributed by atoms with Crippen molar-refractivity contribution in [3.05, 3.63) is 0 Å². The average molecular weight is 210 g/mol. The lowest BCUT2D eigenvalue weighted by molar-refractivity contribution is 0.0390. The molecule has 0 unspecified atom stereocenters. The Bertz CT molecular complexity index is 224. The molecule has 0 saturated carbocycles. The summed E-state index contributed by atoms with van der Waals surface area (Å²) in [5.74, 6) is 0. The maximum atomic E-state index is 8.92. The third-order valence-corrected chi connectivity index (χ3v) is 3.22. The summed E-state index contributed by atoms with van der Waals surface area (Å²) in [5, 5.41) is 8.92. The van der Waals surface area contributed by atoms with Gasteiger partial charge in [-0.2, -0.15) is 5.26 Å². The summed E-state index contributed by atoms with van der Waals surface area (Å²) in [7, 11) is 1.79. The summed E-state index contributed by atoms with van der Waals surface area (Å²) in [6.07, 6.45) is 3.67. The van der Waals surface area contributed by atoms with Crippen LogP contribution in [0.5, 0.6) is 0 Å². The first-order valence-electron chi connectivity index (χ1n) is 5.74. The zero-order valence-corrected chi connectivity index (χ0v) is 10.1. The van der Waals surface area contributed by atoms with Crippen molar-refractivity contribution in [2.45, 2.75) is 39.2 Å². The summed E-state index contributed by atoms with van der Waals surface area (Å²) in [4.78, 5) is 2.44. The molecule has 0 amide bonds. The van der Waals surface area contributed by atoms with Crippen molar-refractivity contribution in [1.29, 1.82) is 5.26 Å². The van der Waals surface area contributed by atoms with E-state index in [0.717, 1.165) is 38.9 Å². The predicted octanol–water partition coefficient (Wildman–Crippen LogP) is 2.04. The monoisotopic (exact) mass is 210 g/mol. The topological polar surface area (TPSA) is 36.3 Å². The molecule has 0 aromatic heterocycles. The van der Waals surface area contributed by atoms with Crippen LogP contribution in [0.3, 0.4) is 0 Å². The van der Waals surface area contributed by atoms with Crippen LogP contribution in [0.15, 0.2) is 0 Å². The van der Waals surface area contributed by atoms with Gasteiger partial charge in [0, 0.05) is 20.2 Å². The smallest absolute Gasteiger partial charge is 0.0684 e. The zero-order chi connectivity index (χ0) is 11.3. The van der Waals surface area contributed by atoms with E-state index in [9.17, 15) is 0 Å². The van der Waals surface area contributed by atoms with Crippen LogP contribution in [0, 0.1) is 16.7 Å². The molecule has 0 aliphatic carbocycles. The van der Waals surface area contributed by atoms with Gasteiger partial charge in [0.1, 0.15) is 0 Å². The molecule has 1 aliphatic heterocycles. The van der Waals surface area contributed by atoms with E-state index in [1.54, 1.807) is 7.11 Å². The molecule has 1 rings (SSSR count). The molecule has 3 nitrogen and oxygen atoms in total. The highest BCUT2D eigenvalue weighted by Gasteiger charge is 2.22. The van der Waals surface area contributed by atoms with Gasteiger partial charge in [0.15, 0.2) is 0 Å². The summed E-state index contributed by atoms with van der Waals surface area (Å²) in [6, 6.07) is 2.35. The van der Waals surface area contributed by atoms with Gasteiger partial charge in [-0.25, -0.2) is 0 Å². The van der Waals surface area contributed by atoms with Crippen molar-refractivity contribution in [2.75, 3.05) is 26.7 Å². The van der Waals surface area contributed by atoms with Crippen LogP contribution in [-0.4, -0.2) is 37.7 Å². The Morgan fingerprint density at radius 3 is 2.47 bits per heavy atom. The van der Waals surface area contributed by atoms with Gasteiger partial charge >= 0.3 is 0 Å². The van der Waals surface area contributed by atoms with Gasteiger partial charge in [0.05, 0.1) is 17.6 Å². The van der Waals surface area contributed by atoms with Crippen LogP contribution in [0.2, 0.25) is 0 Å². The normalized spacial score (nSPS) is 20.1. The summed E-state index contributed by atoms with van der Waals surface area (Å²) < 4.78 is 5.33. The van der Waals surface area contributed by atoms with Crippen LogP contribution in [0.4, 0.5) is 0 Å². The minimum atomic E-state index is -0.182. The van der Waals surface area contributed by atoms with Crippen molar-refractivity contribution in [3.8, 4) is 6.07 Å². The van der Waals surface area contributed by atoms with E-state index in [1.807, 2.05) is 13.8 Å². The maximum absolute atomic E-state index is 8.92. The number of likely N-dealkylation sites (tertiary alicyclic amines) is 1. The Morgan fingerprint density at radius 2 is 2.00 bits per heavy atom. The fraction of sp³-hybridized carbons (Fsp3) is 0.917. The van der Waals surface area contributed by atoms with Gasteiger partial charge in [0.25, 0.3) is 0 Å². The van der Waals surface area contributed by atoms with Crippen molar-refractivity contribution in [3.63, 3.8) is 0 Å². The maximum Gasteiger partial charge on any atom is 0.0684 e. The van der Waals surface area contributed by atoms with Crippen molar-refractivity contribution in [1.82, 2.24) is 4.90 Å². The van der Waals surface area contributed by atoms with Crippen LogP contribution in [0.1, 0.15) is 33.1 Å². The molecular formula is C12H22N2O. The second-order valence-corrected chi connectivity index (χ2v) is 5.02. The van der Waals surface area contributed by atoms with Crippen LogP contribution in [-0.2, 0) is 4.74 Å². The molecule has 3 heteroatoms. The third-order valence-electron chi connectivity index (χ3n) is 3.22. The van der Waals surface area contributed by atoms with E-state index in [0.29, 0.717) is 6.10 Å². The van der Waals surface area contributed by atoms with Crippen LogP contribution >= 0.6 is 0 Å². The number of piperidine rings is 1. The van der Waals surface area contributed by atoms with Gasteiger partial charge < -0.3 is 9.64 Å². The SMILES string of the molecule is COC1CCN(CCC(C)(C)C#N)CC1. The lowest BCUT2D eigenvalue weighted by Crippen LogP contribution is -2.38. The Balaban J connectivity index is 2.22. The molecule has 15 heavy (non-hydrogen) atoms. The molecule has 0 bridgehead atoms. The summed E-state index contributed by atoms with van der Waals surface area (Å²) >= 11 is 0. The fourth-order valence-electron chi connectivity index (χ4n) is 1.86. The van der Waals surface area contributed by atoms with Gasteiger partial charge in [-0.05, 0) is 39.7 Å². The molecule has 0 aromatic carbocycles. The highest BCUT2D eigenvalue weighted by Crippen LogP contribution is 2.20. The number of rotatable bonds is 4. The molecule has 1 fully saturated rings. The number of ether oxygens (including phenoxy) is 1. The van der Waals surface area contributed by atoms with Crippen LogP contribution < -0.4 is 0 Å². The van der Waals surface area contributed by atoms with Crippen molar-refractivity contribution in [2.24, 2.45) is 5.41 Å². The molecule has 0 atom stereocenters. The minimum Gasteiger partial charge on any atom is -0.381 e. The zero-order valence-electron chi connectivity index (χ0n) is 10.1. The van der Waals surface area contributed by atoms with E-state index in [2.05, 4.69) is 11.0 Å². The summed E-state index contributed by atoms with van der Waals surface area (Å²) in [5.41, 5.74) is -0.182. The number of hydrogen-bond acceptors (Lipinski definition) is 3. The van der Waals surface area contributed by atoms with Gasteiger partial charge in [-0.3, -0.25) is 0 Å². The second kappa shape index (κ2) is 5.48. The highest BCUT2D eigenvalue weighted by atomic mass is 16.5. The first kappa shape index (κ1) is 12.5.